The summed E-state index contributed by atoms with van der Waals surface area (Å²) in [5, 5.41) is 0. The van der Waals surface area contributed by atoms with Gasteiger partial charge in [-0.1, -0.05) is 12.1 Å². The van der Waals surface area contributed by atoms with Crippen LogP contribution in [0.1, 0.15) is 25.7 Å². The van der Waals surface area contributed by atoms with Gasteiger partial charge in [-0.15, -0.1) is 0 Å². The molecule has 1 aromatic carbocycles. The van der Waals surface area contributed by atoms with Gasteiger partial charge in [0.25, 0.3) is 0 Å². The van der Waals surface area contributed by atoms with Crippen LogP contribution in [0, 0.1) is 0 Å². The van der Waals surface area contributed by atoms with Gasteiger partial charge in [-0.2, -0.15) is 8.78 Å². The highest BCUT2D eigenvalue weighted by molar-refractivity contribution is 5.39. The average Bonchev–Trinajstić information content (AvgIpc) is 2.73. The lowest BCUT2D eigenvalue weighted by Crippen LogP contribution is -2.12. The van der Waals surface area contributed by atoms with Crippen molar-refractivity contribution < 1.29 is 18.3 Å². The van der Waals surface area contributed by atoms with Crippen LogP contribution < -0.4 is 9.47 Å². The third kappa shape index (κ3) is 2.84. The van der Waals surface area contributed by atoms with Crippen LogP contribution in [0.4, 0.5) is 8.78 Å². The SMILES string of the molecule is FC(F)Oc1ccccc1OC1CCCC1. The molecule has 88 valence electrons. The molecule has 0 amide bonds. The second-order valence-corrected chi connectivity index (χ2v) is 3.85. The molecule has 2 nitrogen and oxygen atoms in total. The van der Waals surface area contributed by atoms with Crippen LogP contribution in [0.3, 0.4) is 0 Å². The smallest absolute Gasteiger partial charge is 0.387 e. The van der Waals surface area contributed by atoms with Crippen LogP contribution in [0.25, 0.3) is 0 Å². The van der Waals surface area contributed by atoms with Gasteiger partial charge in [-0.25, -0.2) is 0 Å². The molecule has 1 aliphatic rings. The van der Waals surface area contributed by atoms with E-state index in [1.54, 1.807) is 18.2 Å². The molecule has 1 aromatic rings. The van der Waals surface area contributed by atoms with Crippen molar-refractivity contribution in [1.82, 2.24) is 0 Å². The molecule has 1 fully saturated rings. The molecule has 0 saturated heterocycles. The lowest BCUT2D eigenvalue weighted by molar-refractivity contribution is -0.0520. The van der Waals surface area contributed by atoms with E-state index in [0.717, 1.165) is 25.7 Å². The van der Waals surface area contributed by atoms with Gasteiger partial charge in [0.05, 0.1) is 6.10 Å². The molecule has 0 atom stereocenters. The Morgan fingerprint density at radius 3 is 2.31 bits per heavy atom. The second-order valence-electron chi connectivity index (χ2n) is 3.85. The summed E-state index contributed by atoms with van der Waals surface area (Å²) in [7, 11) is 0. The van der Waals surface area contributed by atoms with E-state index in [1.165, 1.54) is 6.07 Å². The Hall–Kier alpha value is -1.32. The van der Waals surface area contributed by atoms with Crippen molar-refractivity contribution in [3.63, 3.8) is 0 Å². The first-order chi connectivity index (χ1) is 7.75. The third-order valence-electron chi connectivity index (χ3n) is 2.66. The summed E-state index contributed by atoms with van der Waals surface area (Å²) < 4.78 is 34.3. The molecule has 0 unspecified atom stereocenters. The topological polar surface area (TPSA) is 18.5 Å². The average molecular weight is 228 g/mol. The molecule has 0 spiro atoms. The molecular weight excluding hydrogens is 214 g/mol. The quantitative estimate of drug-likeness (QED) is 0.783. The molecule has 16 heavy (non-hydrogen) atoms. The highest BCUT2D eigenvalue weighted by Gasteiger charge is 2.19. The normalized spacial score (nSPS) is 16.7. The Morgan fingerprint density at radius 1 is 1.06 bits per heavy atom. The fourth-order valence-corrected chi connectivity index (χ4v) is 1.93. The van der Waals surface area contributed by atoms with Crippen LogP contribution in [0.15, 0.2) is 24.3 Å². The van der Waals surface area contributed by atoms with E-state index < -0.39 is 6.61 Å². The van der Waals surface area contributed by atoms with E-state index in [2.05, 4.69) is 4.74 Å². The molecule has 0 bridgehead atoms. The molecule has 0 heterocycles. The Morgan fingerprint density at radius 2 is 1.69 bits per heavy atom. The zero-order valence-corrected chi connectivity index (χ0v) is 8.86. The van der Waals surface area contributed by atoms with Crippen LogP contribution in [-0.2, 0) is 0 Å². The zero-order chi connectivity index (χ0) is 11.4. The Balaban J connectivity index is 2.06. The maximum Gasteiger partial charge on any atom is 0.387 e. The summed E-state index contributed by atoms with van der Waals surface area (Å²) in [6.07, 6.45) is 4.40. The molecule has 1 saturated carbocycles. The first kappa shape index (κ1) is 11.2. The minimum atomic E-state index is -2.81. The minimum absolute atomic E-state index is 0.115. The molecule has 1 aliphatic carbocycles. The lowest BCUT2D eigenvalue weighted by atomic mass is 10.3. The first-order valence-corrected chi connectivity index (χ1v) is 5.46. The third-order valence-corrected chi connectivity index (χ3v) is 2.66. The highest BCUT2D eigenvalue weighted by atomic mass is 19.3. The number of para-hydroxylation sites is 2. The monoisotopic (exact) mass is 228 g/mol. The summed E-state index contributed by atoms with van der Waals surface area (Å²) in [6, 6.07) is 6.56. The fourth-order valence-electron chi connectivity index (χ4n) is 1.93. The van der Waals surface area contributed by atoms with Gasteiger partial charge in [0.15, 0.2) is 11.5 Å². The van der Waals surface area contributed by atoms with E-state index >= 15 is 0 Å². The van der Waals surface area contributed by atoms with Crippen molar-refractivity contribution in [3.8, 4) is 11.5 Å². The maximum absolute atomic E-state index is 12.1. The minimum Gasteiger partial charge on any atom is -0.487 e. The van der Waals surface area contributed by atoms with Gasteiger partial charge in [0.1, 0.15) is 0 Å². The van der Waals surface area contributed by atoms with Crippen molar-refractivity contribution in [1.29, 1.82) is 0 Å². The lowest BCUT2D eigenvalue weighted by Gasteiger charge is -2.16. The molecule has 0 radical (unpaired) electrons. The number of benzene rings is 1. The van der Waals surface area contributed by atoms with Crippen LogP contribution in [-0.4, -0.2) is 12.7 Å². The Labute approximate surface area is 93.2 Å². The van der Waals surface area contributed by atoms with Crippen molar-refractivity contribution in [2.45, 2.75) is 38.4 Å². The number of rotatable bonds is 4. The summed E-state index contributed by atoms with van der Waals surface area (Å²) in [6.45, 7) is -2.81. The number of ether oxygens (including phenoxy) is 2. The van der Waals surface area contributed by atoms with Gasteiger partial charge < -0.3 is 9.47 Å². The first-order valence-electron chi connectivity index (χ1n) is 5.46. The molecule has 2 rings (SSSR count). The van der Waals surface area contributed by atoms with E-state index in [0.29, 0.717) is 5.75 Å². The van der Waals surface area contributed by atoms with Crippen LogP contribution in [0.2, 0.25) is 0 Å². The molecule has 0 aromatic heterocycles. The van der Waals surface area contributed by atoms with E-state index in [9.17, 15) is 8.78 Å². The van der Waals surface area contributed by atoms with Crippen molar-refractivity contribution in [2.75, 3.05) is 0 Å². The number of hydrogen-bond donors (Lipinski definition) is 0. The standard InChI is InChI=1S/C12H14F2O2/c13-12(14)16-11-8-4-3-7-10(11)15-9-5-1-2-6-9/h3-4,7-9,12H,1-2,5-6H2. The van der Waals surface area contributed by atoms with Crippen LogP contribution >= 0.6 is 0 Å². The van der Waals surface area contributed by atoms with E-state index in [-0.39, 0.29) is 11.9 Å². The van der Waals surface area contributed by atoms with Crippen molar-refractivity contribution >= 4 is 0 Å². The molecule has 0 N–H and O–H groups in total. The van der Waals surface area contributed by atoms with Crippen molar-refractivity contribution in [3.05, 3.63) is 24.3 Å². The highest BCUT2D eigenvalue weighted by Crippen LogP contribution is 2.32. The van der Waals surface area contributed by atoms with Gasteiger partial charge in [0, 0.05) is 0 Å². The summed E-state index contributed by atoms with van der Waals surface area (Å²) in [5.74, 6) is 0.527. The van der Waals surface area contributed by atoms with Gasteiger partial charge in [-0.05, 0) is 37.8 Å². The van der Waals surface area contributed by atoms with Crippen molar-refractivity contribution in [2.24, 2.45) is 0 Å². The number of halogens is 2. The zero-order valence-electron chi connectivity index (χ0n) is 8.86. The Kier molecular flexibility index (Phi) is 3.59. The predicted octanol–water partition coefficient (Wildman–Crippen LogP) is 3.61. The molecule has 4 heteroatoms. The van der Waals surface area contributed by atoms with Gasteiger partial charge >= 0.3 is 6.61 Å². The fraction of sp³-hybridized carbons (Fsp3) is 0.500. The molecule has 0 aliphatic heterocycles. The predicted molar refractivity (Wildman–Crippen MR) is 56.0 cm³/mol. The van der Waals surface area contributed by atoms with E-state index in [1.807, 2.05) is 0 Å². The molecular formula is C12H14F2O2. The summed E-state index contributed by atoms with van der Waals surface area (Å²) >= 11 is 0. The van der Waals surface area contributed by atoms with E-state index in [4.69, 9.17) is 4.74 Å². The largest absolute Gasteiger partial charge is 0.487 e. The van der Waals surface area contributed by atoms with Gasteiger partial charge in [0.2, 0.25) is 0 Å². The summed E-state index contributed by atoms with van der Waals surface area (Å²) in [4.78, 5) is 0. The number of hydrogen-bond acceptors (Lipinski definition) is 2. The Bertz CT molecular complexity index is 336. The number of alkyl halides is 2. The summed E-state index contributed by atoms with van der Waals surface area (Å²) in [5.41, 5.74) is 0. The van der Waals surface area contributed by atoms with Gasteiger partial charge in [-0.3, -0.25) is 0 Å². The second kappa shape index (κ2) is 5.14. The maximum atomic E-state index is 12.1. The van der Waals surface area contributed by atoms with Crippen LogP contribution in [0.5, 0.6) is 11.5 Å².